The highest BCUT2D eigenvalue weighted by Crippen LogP contribution is 2.17. The van der Waals surface area contributed by atoms with Crippen LogP contribution in [0.3, 0.4) is 0 Å². The van der Waals surface area contributed by atoms with Crippen LogP contribution in [0.15, 0.2) is 0 Å². The van der Waals surface area contributed by atoms with Crippen molar-refractivity contribution >= 4 is 0 Å². The van der Waals surface area contributed by atoms with Gasteiger partial charge in [0, 0.05) is 19.3 Å². The van der Waals surface area contributed by atoms with Gasteiger partial charge in [0.05, 0.1) is 0 Å². The average molecular weight is 171 g/mol. The molecule has 1 rings (SSSR count). The fourth-order valence-electron chi connectivity index (χ4n) is 1.75. The van der Waals surface area contributed by atoms with E-state index in [1.54, 1.807) is 0 Å². The zero-order valence-electron chi connectivity index (χ0n) is 8.14. The van der Waals surface area contributed by atoms with Crippen LogP contribution in [0.1, 0.15) is 39.0 Å². The highest BCUT2D eigenvalue weighted by Gasteiger charge is 2.12. The van der Waals surface area contributed by atoms with Gasteiger partial charge in [-0.25, -0.2) is 0 Å². The van der Waals surface area contributed by atoms with Crippen molar-refractivity contribution in [2.24, 2.45) is 0 Å². The summed E-state index contributed by atoms with van der Waals surface area (Å²) in [6.07, 6.45) is 6.76. The summed E-state index contributed by atoms with van der Waals surface area (Å²) in [5.74, 6) is 0. The topological polar surface area (TPSA) is 21.3 Å². The van der Waals surface area contributed by atoms with Crippen LogP contribution in [0.5, 0.6) is 0 Å². The maximum absolute atomic E-state index is 5.26. The molecule has 1 fully saturated rings. The van der Waals surface area contributed by atoms with Crippen molar-refractivity contribution in [2.45, 2.75) is 45.1 Å². The van der Waals surface area contributed by atoms with Gasteiger partial charge in [-0.3, -0.25) is 0 Å². The van der Waals surface area contributed by atoms with Crippen LogP contribution in [0.4, 0.5) is 0 Å². The average Bonchev–Trinajstić information content (AvgIpc) is 2.57. The van der Waals surface area contributed by atoms with Crippen LogP contribution in [0.25, 0.3) is 0 Å². The fourth-order valence-corrected chi connectivity index (χ4v) is 1.75. The Morgan fingerprint density at radius 3 is 2.75 bits per heavy atom. The smallest absolute Gasteiger partial charge is 0.0477 e. The van der Waals surface area contributed by atoms with E-state index in [0.29, 0.717) is 0 Å². The lowest BCUT2D eigenvalue weighted by Gasteiger charge is -2.10. The van der Waals surface area contributed by atoms with E-state index in [4.69, 9.17) is 4.74 Å². The second-order valence-corrected chi connectivity index (χ2v) is 3.49. The van der Waals surface area contributed by atoms with E-state index in [1.807, 2.05) is 6.92 Å². The lowest BCUT2D eigenvalue weighted by atomic mass is 10.2. The van der Waals surface area contributed by atoms with E-state index < -0.39 is 0 Å². The van der Waals surface area contributed by atoms with E-state index in [1.165, 1.54) is 25.7 Å². The Kier molecular flexibility index (Phi) is 5.37. The maximum atomic E-state index is 5.26. The predicted octanol–water partition coefficient (Wildman–Crippen LogP) is 1.95. The van der Waals surface area contributed by atoms with Crippen LogP contribution in [0.2, 0.25) is 0 Å². The highest BCUT2D eigenvalue weighted by atomic mass is 16.5. The second kappa shape index (κ2) is 6.44. The van der Waals surface area contributed by atoms with E-state index in [2.05, 4.69) is 5.32 Å². The number of hydrogen-bond donors (Lipinski definition) is 1. The van der Waals surface area contributed by atoms with Gasteiger partial charge in [-0.1, -0.05) is 12.8 Å². The summed E-state index contributed by atoms with van der Waals surface area (Å²) < 4.78 is 5.26. The van der Waals surface area contributed by atoms with Crippen molar-refractivity contribution in [1.82, 2.24) is 5.32 Å². The summed E-state index contributed by atoms with van der Waals surface area (Å²) in [5.41, 5.74) is 0. The Morgan fingerprint density at radius 1 is 1.33 bits per heavy atom. The number of hydrogen-bond acceptors (Lipinski definition) is 2. The minimum atomic E-state index is 0.812. The molecule has 0 bridgehead atoms. The third-order valence-corrected chi connectivity index (χ3v) is 2.46. The van der Waals surface area contributed by atoms with Crippen molar-refractivity contribution in [3.63, 3.8) is 0 Å². The lowest BCUT2D eigenvalue weighted by molar-refractivity contribution is 0.144. The van der Waals surface area contributed by atoms with Crippen molar-refractivity contribution in [3.05, 3.63) is 0 Å². The first-order valence-electron chi connectivity index (χ1n) is 5.24. The molecule has 0 radical (unpaired) electrons. The summed E-state index contributed by atoms with van der Waals surface area (Å²) >= 11 is 0. The Bertz CT molecular complexity index is 100. The minimum absolute atomic E-state index is 0.812. The maximum Gasteiger partial charge on any atom is 0.0477 e. The Balaban J connectivity index is 1.81. The first-order chi connectivity index (χ1) is 5.93. The molecule has 0 saturated heterocycles. The van der Waals surface area contributed by atoms with Gasteiger partial charge in [-0.2, -0.15) is 0 Å². The molecule has 0 atom stereocenters. The van der Waals surface area contributed by atoms with Gasteiger partial charge in [-0.05, 0) is 32.7 Å². The standard InChI is InChI=1S/C10H21NO/c1-2-12-9-5-8-11-10-6-3-4-7-10/h10-11H,2-9H2,1H3. The predicted molar refractivity (Wildman–Crippen MR) is 51.4 cm³/mol. The van der Waals surface area contributed by atoms with Crippen LogP contribution in [0, 0.1) is 0 Å². The van der Waals surface area contributed by atoms with E-state index >= 15 is 0 Å². The van der Waals surface area contributed by atoms with Crippen LogP contribution in [-0.2, 0) is 4.74 Å². The first kappa shape index (κ1) is 10.0. The molecule has 2 heteroatoms. The molecular weight excluding hydrogens is 150 g/mol. The molecule has 0 aromatic heterocycles. The minimum Gasteiger partial charge on any atom is -0.382 e. The van der Waals surface area contributed by atoms with Gasteiger partial charge >= 0.3 is 0 Å². The number of rotatable bonds is 6. The third-order valence-electron chi connectivity index (χ3n) is 2.46. The van der Waals surface area contributed by atoms with Gasteiger partial charge in [0.2, 0.25) is 0 Å². The summed E-state index contributed by atoms with van der Waals surface area (Å²) in [5, 5.41) is 3.56. The van der Waals surface area contributed by atoms with Crippen LogP contribution >= 0.6 is 0 Å². The molecule has 0 amide bonds. The normalized spacial score (nSPS) is 18.8. The van der Waals surface area contributed by atoms with E-state index in [9.17, 15) is 0 Å². The van der Waals surface area contributed by atoms with Crippen LogP contribution < -0.4 is 5.32 Å². The molecule has 1 saturated carbocycles. The molecule has 0 heterocycles. The van der Waals surface area contributed by atoms with Gasteiger partial charge < -0.3 is 10.1 Å². The first-order valence-corrected chi connectivity index (χ1v) is 5.24. The molecule has 72 valence electrons. The van der Waals surface area contributed by atoms with Crippen molar-refractivity contribution < 1.29 is 4.74 Å². The van der Waals surface area contributed by atoms with Crippen LogP contribution in [-0.4, -0.2) is 25.8 Å². The Morgan fingerprint density at radius 2 is 2.08 bits per heavy atom. The van der Waals surface area contributed by atoms with Gasteiger partial charge in [0.15, 0.2) is 0 Å². The molecule has 0 aliphatic heterocycles. The molecule has 1 aliphatic rings. The molecule has 0 unspecified atom stereocenters. The van der Waals surface area contributed by atoms with E-state index in [-0.39, 0.29) is 0 Å². The monoisotopic (exact) mass is 171 g/mol. The Labute approximate surface area is 75.7 Å². The molecule has 0 aromatic carbocycles. The molecule has 1 aliphatic carbocycles. The zero-order chi connectivity index (χ0) is 8.65. The summed E-state index contributed by atoms with van der Waals surface area (Å²) in [6, 6.07) is 0.812. The molecule has 12 heavy (non-hydrogen) atoms. The molecule has 0 aromatic rings. The summed E-state index contributed by atoms with van der Waals surface area (Å²) in [7, 11) is 0. The van der Waals surface area contributed by atoms with Gasteiger partial charge in [0.25, 0.3) is 0 Å². The molecule has 0 spiro atoms. The third kappa shape index (κ3) is 4.07. The SMILES string of the molecule is CCOCCCNC1CCCC1. The highest BCUT2D eigenvalue weighted by molar-refractivity contribution is 4.72. The number of nitrogens with one attached hydrogen (secondary N) is 1. The fraction of sp³-hybridized carbons (Fsp3) is 1.00. The molecule has 2 nitrogen and oxygen atoms in total. The van der Waals surface area contributed by atoms with Crippen molar-refractivity contribution in [2.75, 3.05) is 19.8 Å². The molecule has 1 N–H and O–H groups in total. The zero-order valence-corrected chi connectivity index (χ0v) is 8.14. The van der Waals surface area contributed by atoms with Crippen molar-refractivity contribution in [3.8, 4) is 0 Å². The number of ether oxygens (including phenoxy) is 1. The summed E-state index contributed by atoms with van der Waals surface area (Å²) in [6.45, 7) is 4.94. The van der Waals surface area contributed by atoms with Gasteiger partial charge in [0.1, 0.15) is 0 Å². The quantitative estimate of drug-likeness (QED) is 0.617. The Hall–Kier alpha value is -0.0800. The lowest BCUT2D eigenvalue weighted by Crippen LogP contribution is -2.27. The largest absolute Gasteiger partial charge is 0.382 e. The summed E-state index contributed by atoms with van der Waals surface area (Å²) in [4.78, 5) is 0. The molecular formula is C10H21NO. The second-order valence-electron chi connectivity index (χ2n) is 3.49. The van der Waals surface area contributed by atoms with E-state index in [0.717, 1.165) is 32.2 Å². The van der Waals surface area contributed by atoms with Gasteiger partial charge in [-0.15, -0.1) is 0 Å². The van der Waals surface area contributed by atoms with Crippen molar-refractivity contribution in [1.29, 1.82) is 0 Å².